The molecular formula is C20H25ClN4O. The van der Waals surface area contributed by atoms with Crippen LogP contribution >= 0.6 is 11.6 Å². The molecule has 26 heavy (non-hydrogen) atoms. The van der Waals surface area contributed by atoms with Gasteiger partial charge in [0.15, 0.2) is 0 Å². The van der Waals surface area contributed by atoms with Crippen LogP contribution in [0, 0.1) is 0 Å². The van der Waals surface area contributed by atoms with Gasteiger partial charge in [-0.3, -0.25) is 4.79 Å². The molecule has 0 radical (unpaired) electrons. The number of imidazole rings is 1. The summed E-state index contributed by atoms with van der Waals surface area (Å²) in [6, 6.07) is 7.89. The van der Waals surface area contributed by atoms with Crippen molar-refractivity contribution in [3.63, 3.8) is 0 Å². The fourth-order valence-electron chi connectivity index (χ4n) is 4.45. The van der Waals surface area contributed by atoms with Crippen molar-refractivity contribution in [3.05, 3.63) is 47.2 Å². The first-order valence-corrected chi connectivity index (χ1v) is 9.76. The van der Waals surface area contributed by atoms with Crippen LogP contribution in [0.2, 0.25) is 5.02 Å². The number of amides is 1. The molecule has 2 heterocycles. The van der Waals surface area contributed by atoms with Crippen molar-refractivity contribution in [2.45, 2.75) is 31.1 Å². The average molecular weight is 373 g/mol. The summed E-state index contributed by atoms with van der Waals surface area (Å²) in [5, 5.41) is 0.720. The smallest absolute Gasteiger partial charge is 0.233 e. The normalized spacial score (nSPS) is 19.8. The summed E-state index contributed by atoms with van der Waals surface area (Å²) in [6.07, 6.45) is 7.88. The Kier molecular flexibility index (Phi) is 4.65. The van der Waals surface area contributed by atoms with Crippen LogP contribution in [0.3, 0.4) is 0 Å². The molecule has 5 nitrogen and oxygen atoms in total. The second-order valence-corrected chi connectivity index (χ2v) is 7.85. The molecule has 1 amide bonds. The van der Waals surface area contributed by atoms with Gasteiger partial charge >= 0.3 is 0 Å². The van der Waals surface area contributed by atoms with Gasteiger partial charge in [-0.1, -0.05) is 36.6 Å². The Balaban J connectivity index is 1.51. The molecule has 1 saturated heterocycles. The van der Waals surface area contributed by atoms with E-state index >= 15 is 0 Å². The van der Waals surface area contributed by atoms with Crippen molar-refractivity contribution in [1.29, 1.82) is 0 Å². The Morgan fingerprint density at radius 2 is 1.73 bits per heavy atom. The first-order chi connectivity index (χ1) is 12.6. The van der Waals surface area contributed by atoms with E-state index in [0.717, 1.165) is 68.4 Å². The summed E-state index contributed by atoms with van der Waals surface area (Å²) in [4.78, 5) is 22.3. The quantitative estimate of drug-likeness (QED) is 0.830. The number of carbonyl (C=O) groups excluding carboxylic acids is 1. The molecule has 1 aromatic heterocycles. The van der Waals surface area contributed by atoms with Gasteiger partial charge in [-0.05, 0) is 30.5 Å². The van der Waals surface area contributed by atoms with Crippen LogP contribution in [-0.2, 0) is 17.3 Å². The van der Waals surface area contributed by atoms with Crippen LogP contribution in [0.4, 0.5) is 5.95 Å². The number of piperazine rings is 1. The van der Waals surface area contributed by atoms with Crippen LogP contribution < -0.4 is 4.90 Å². The van der Waals surface area contributed by atoms with Gasteiger partial charge in [0, 0.05) is 50.6 Å². The number of carbonyl (C=O) groups is 1. The van der Waals surface area contributed by atoms with Crippen LogP contribution in [0.15, 0.2) is 36.7 Å². The fourth-order valence-corrected chi connectivity index (χ4v) is 4.57. The predicted molar refractivity (Wildman–Crippen MR) is 104 cm³/mol. The topological polar surface area (TPSA) is 41.4 Å². The number of aryl methyl sites for hydroxylation is 1. The molecule has 1 aromatic carbocycles. The Hall–Kier alpha value is -2.01. The molecule has 138 valence electrons. The van der Waals surface area contributed by atoms with Crippen molar-refractivity contribution in [1.82, 2.24) is 14.5 Å². The molecule has 0 N–H and O–H groups in total. The van der Waals surface area contributed by atoms with Crippen LogP contribution in [0.5, 0.6) is 0 Å². The third-order valence-corrected chi connectivity index (χ3v) is 6.16. The lowest BCUT2D eigenvalue weighted by molar-refractivity contribution is -0.137. The summed E-state index contributed by atoms with van der Waals surface area (Å²) in [7, 11) is 2.01. The largest absolute Gasteiger partial charge is 0.339 e. The van der Waals surface area contributed by atoms with E-state index in [2.05, 4.69) is 14.8 Å². The molecule has 2 aliphatic rings. The second-order valence-electron chi connectivity index (χ2n) is 7.41. The van der Waals surface area contributed by atoms with E-state index in [1.807, 2.05) is 48.3 Å². The van der Waals surface area contributed by atoms with Gasteiger partial charge in [-0.2, -0.15) is 0 Å². The summed E-state index contributed by atoms with van der Waals surface area (Å²) >= 11 is 6.06. The van der Waals surface area contributed by atoms with E-state index in [-0.39, 0.29) is 11.3 Å². The summed E-state index contributed by atoms with van der Waals surface area (Å²) in [5.74, 6) is 1.27. The molecule has 1 aliphatic heterocycles. The zero-order valence-corrected chi connectivity index (χ0v) is 16.0. The van der Waals surface area contributed by atoms with Crippen molar-refractivity contribution in [2.24, 2.45) is 7.05 Å². The maximum Gasteiger partial charge on any atom is 0.233 e. The first-order valence-electron chi connectivity index (χ1n) is 9.38. The molecule has 1 aliphatic carbocycles. The molecule has 0 unspecified atom stereocenters. The minimum absolute atomic E-state index is 0.289. The number of nitrogens with zero attached hydrogens (tertiary/aromatic N) is 4. The Morgan fingerprint density at radius 1 is 1.08 bits per heavy atom. The van der Waals surface area contributed by atoms with Crippen molar-refractivity contribution in [3.8, 4) is 0 Å². The number of benzene rings is 1. The maximum atomic E-state index is 13.5. The van der Waals surface area contributed by atoms with Gasteiger partial charge in [-0.15, -0.1) is 0 Å². The van der Waals surface area contributed by atoms with Gasteiger partial charge < -0.3 is 14.4 Å². The number of hydrogen-bond donors (Lipinski definition) is 0. The summed E-state index contributed by atoms with van der Waals surface area (Å²) in [6.45, 7) is 3.16. The van der Waals surface area contributed by atoms with Gasteiger partial charge in [0.2, 0.25) is 11.9 Å². The van der Waals surface area contributed by atoms with Gasteiger partial charge in [0.25, 0.3) is 0 Å². The van der Waals surface area contributed by atoms with E-state index in [9.17, 15) is 4.79 Å². The molecule has 0 bridgehead atoms. The summed E-state index contributed by atoms with van der Waals surface area (Å²) < 4.78 is 2.03. The lowest BCUT2D eigenvalue weighted by Crippen LogP contribution is -2.54. The van der Waals surface area contributed by atoms with Gasteiger partial charge in [0.05, 0.1) is 5.41 Å². The number of aromatic nitrogens is 2. The van der Waals surface area contributed by atoms with Crippen LogP contribution in [0.25, 0.3) is 0 Å². The number of anilines is 1. The second kappa shape index (κ2) is 6.95. The number of hydrogen-bond acceptors (Lipinski definition) is 3. The zero-order chi connectivity index (χ0) is 18.1. The highest BCUT2D eigenvalue weighted by Gasteiger charge is 2.45. The highest BCUT2D eigenvalue weighted by Crippen LogP contribution is 2.43. The number of rotatable bonds is 3. The molecule has 0 spiro atoms. The molecule has 1 saturated carbocycles. The third kappa shape index (κ3) is 2.98. The Morgan fingerprint density at radius 3 is 2.31 bits per heavy atom. The number of halogens is 1. The monoisotopic (exact) mass is 372 g/mol. The van der Waals surface area contributed by atoms with Crippen LogP contribution in [0.1, 0.15) is 31.2 Å². The third-order valence-electron chi connectivity index (χ3n) is 5.91. The highest BCUT2D eigenvalue weighted by atomic mass is 35.5. The van der Waals surface area contributed by atoms with Crippen molar-refractivity contribution >= 4 is 23.5 Å². The van der Waals surface area contributed by atoms with Gasteiger partial charge in [0.1, 0.15) is 0 Å². The van der Waals surface area contributed by atoms with E-state index in [0.29, 0.717) is 0 Å². The standard InChI is InChI=1S/C20H25ClN4O/c1-23-11-10-22-19(23)25-14-12-24(13-15-25)18(26)20(8-2-3-9-20)16-4-6-17(21)7-5-16/h4-7,10-11H,2-3,8-9,12-15H2,1H3. The van der Waals surface area contributed by atoms with Crippen molar-refractivity contribution in [2.75, 3.05) is 31.1 Å². The van der Waals surface area contributed by atoms with Crippen LogP contribution in [-0.4, -0.2) is 46.5 Å². The van der Waals surface area contributed by atoms with E-state index in [1.54, 1.807) is 0 Å². The zero-order valence-electron chi connectivity index (χ0n) is 15.2. The minimum Gasteiger partial charge on any atom is -0.339 e. The maximum absolute atomic E-state index is 13.5. The summed E-state index contributed by atoms with van der Waals surface area (Å²) in [5.41, 5.74) is 0.756. The van der Waals surface area contributed by atoms with Gasteiger partial charge in [-0.25, -0.2) is 4.98 Å². The first kappa shape index (κ1) is 17.4. The minimum atomic E-state index is -0.365. The molecule has 4 rings (SSSR count). The fraction of sp³-hybridized carbons (Fsp3) is 0.500. The molecular weight excluding hydrogens is 348 g/mol. The SMILES string of the molecule is Cn1ccnc1N1CCN(C(=O)C2(c3ccc(Cl)cc3)CCCC2)CC1. The predicted octanol–water partition coefficient (Wildman–Crippen LogP) is 3.23. The Labute approximate surface area is 159 Å². The molecule has 2 fully saturated rings. The van der Waals surface area contributed by atoms with E-state index in [1.165, 1.54) is 0 Å². The van der Waals surface area contributed by atoms with E-state index < -0.39 is 0 Å². The molecule has 6 heteroatoms. The van der Waals surface area contributed by atoms with E-state index in [4.69, 9.17) is 11.6 Å². The average Bonchev–Trinajstić information content (AvgIpc) is 3.32. The highest BCUT2D eigenvalue weighted by molar-refractivity contribution is 6.30. The molecule has 2 aromatic rings. The Bertz CT molecular complexity index is 771. The lowest BCUT2D eigenvalue weighted by Gasteiger charge is -2.40. The van der Waals surface area contributed by atoms with Crippen molar-refractivity contribution < 1.29 is 4.79 Å². The lowest BCUT2D eigenvalue weighted by atomic mass is 9.77. The molecule has 0 atom stereocenters.